The Kier molecular flexibility index (Phi) is 4.85. The lowest BCUT2D eigenvalue weighted by atomic mass is 9.95. The summed E-state index contributed by atoms with van der Waals surface area (Å²) in [4.78, 5) is 11.9. The van der Waals surface area contributed by atoms with E-state index in [1.54, 1.807) is 13.0 Å². The summed E-state index contributed by atoms with van der Waals surface area (Å²) in [6.45, 7) is 4.18. The zero-order valence-electron chi connectivity index (χ0n) is 13.7. The van der Waals surface area contributed by atoms with Crippen molar-refractivity contribution in [2.24, 2.45) is 11.8 Å². The van der Waals surface area contributed by atoms with Crippen molar-refractivity contribution in [2.45, 2.75) is 45.6 Å². The fraction of sp³-hybridized carbons (Fsp3) is 0.556. The summed E-state index contributed by atoms with van der Waals surface area (Å²) in [5.41, 5.74) is 2.45. The molecule has 0 saturated heterocycles. The molecular formula is C18H24N2O2S. The van der Waals surface area contributed by atoms with E-state index in [9.17, 15) is 4.79 Å². The van der Waals surface area contributed by atoms with Gasteiger partial charge in [-0.3, -0.25) is 0 Å². The molecular weight excluding hydrogens is 308 g/mol. The number of esters is 1. The van der Waals surface area contributed by atoms with Crippen LogP contribution in [-0.4, -0.2) is 23.7 Å². The highest BCUT2D eigenvalue weighted by molar-refractivity contribution is 7.80. The first-order chi connectivity index (χ1) is 11.1. The molecule has 2 saturated carbocycles. The van der Waals surface area contributed by atoms with Crippen LogP contribution >= 0.6 is 12.2 Å². The molecule has 2 aliphatic carbocycles. The highest BCUT2D eigenvalue weighted by Gasteiger charge is 2.39. The second-order valence-electron chi connectivity index (χ2n) is 6.63. The maximum absolute atomic E-state index is 11.9. The van der Waals surface area contributed by atoms with Gasteiger partial charge in [0.2, 0.25) is 0 Å². The van der Waals surface area contributed by atoms with Crippen LogP contribution in [0.25, 0.3) is 0 Å². The van der Waals surface area contributed by atoms with Crippen LogP contribution in [0, 0.1) is 18.8 Å². The zero-order chi connectivity index (χ0) is 16.4. The Morgan fingerprint density at radius 2 is 2.17 bits per heavy atom. The van der Waals surface area contributed by atoms with E-state index in [0.29, 0.717) is 23.3 Å². The van der Waals surface area contributed by atoms with Gasteiger partial charge in [0, 0.05) is 11.7 Å². The molecule has 5 heteroatoms. The predicted molar refractivity (Wildman–Crippen MR) is 95.7 cm³/mol. The van der Waals surface area contributed by atoms with Crippen LogP contribution in [0.5, 0.6) is 0 Å². The van der Waals surface area contributed by atoms with E-state index in [-0.39, 0.29) is 5.97 Å². The Labute approximate surface area is 143 Å². The van der Waals surface area contributed by atoms with Crippen LogP contribution in [0.15, 0.2) is 18.2 Å². The van der Waals surface area contributed by atoms with Crippen molar-refractivity contribution in [1.29, 1.82) is 0 Å². The third-order valence-corrected chi connectivity index (χ3v) is 5.27. The van der Waals surface area contributed by atoms with Crippen molar-refractivity contribution >= 4 is 29.0 Å². The van der Waals surface area contributed by atoms with E-state index in [1.165, 1.54) is 25.7 Å². The van der Waals surface area contributed by atoms with E-state index in [0.717, 1.165) is 23.1 Å². The minimum atomic E-state index is -0.303. The van der Waals surface area contributed by atoms with E-state index in [2.05, 4.69) is 10.6 Å². The molecule has 2 aliphatic rings. The van der Waals surface area contributed by atoms with Gasteiger partial charge in [-0.2, -0.15) is 0 Å². The first-order valence-electron chi connectivity index (χ1n) is 8.42. The number of hydrogen-bond acceptors (Lipinski definition) is 3. The molecule has 3 atom stereocenters. The lowest BCUT2D eigenvalue weighted by Gasteiger charge is -2.25. The lowest BCUT2D eigenvalue weighted by Crippen LogP contribution is -2.40. The standard InChI is InChI=1S/C18H24N2O2S/c1-3-22-17(21)14-6-4-11(2)15(10-14)19-18(23)20-16-9-12-5-7-13(16)8-12/h4,6,10,12-13,16H,3,5,7-9H2,1-2H3,(H2,19,20,23)/t12-,13-,16+/m0/s1. The van der Waals surface area contributed by atoms with Gasteiger partial charge in [-0.25, -0.2) is 4.79 Å². The maximum Gasteiger partial charge on any atom is 0.338 e. The molecule has 0 aromatic heterocycles. The first-order valence-corrected chi connectivity index (χ1v) is 8.83. The first kappa shape index (κ1) is 16.2. The number of thiocarbonyl (C=S) groups is 1. The van der Waals surface area contributed by atoms with Crippen LogP contribution in [0.4, 0.5) is 5.69 Å². The van der Waals surface area contributed by atoms with E-state index >= 15 is 0 Å². The van der Waals surface area contributed by atoms with Crippen molar-refractivity contribution in [1.82, 2.24) is 5.32 Å². The third kappa shape index (κ3) is 3.66. The van der Waals surface area contributed by atoms with Crippen LogP contribution in [0.1, 0.15) is 48.5 Å². The van der Waals surface area contributed by atoms with Crippen LogP contribution in [-0.2, 0) is 4.74 Å². The molecule has 0 heterocycles. The van der Waals surface area contributed by atoms with Gasteiger partial charge in [-0.05, 0) is 74.9 Å². The Morgan fingerprint density at radius 1 is 1.35 bits per heavy atom. The van der Waals surface area contributed by atoms with E-state index in [1.807, 2.05) is 19.1 Å². The molecule has 2 N–H and O–H groups in total. The highest BCUT2D eigenvalue weighted by Crippen LogP contribution is 2.44. The minimum absolute atomic E-state index is 0.303. The third-order valence-electron chi connectivity index (χ3n) is 5.05. The van der Waals surface area contributed by atoms with Crippen LogP contribution in [0.2, 0.25) is 0 Å². The summed E-state index contributed by atoms with van der Waals surface area (Å²) in [6, 6.07) is 6.00. The van der Waals surface area contributed by atoms with Gasteiger partial charge >= 0.3 is 5.97 Å². The topological polar surface area (TPSA) is 50.4 Å². The van der Waals surface area contributed by atoms with Gasteiger partial charge in [-0.1, -0.05) is 12.5 Å². The fourth-order valence-electron chi connectivity index (χ4n) is 3.85. The average molecular weight is 332 g/mol. The quantitative estimate of drug-likeness (QED) is 0.651. The van der Waals surface area contributed by atoms with Crippen molar-refractivity contribution in [3.05, 3.63) is 29.3 Å². The Morgan fingerprint density at radius 3 is 2.83 bits per heavy atom. The fourth-order valence-corrected chi connectivity index (χ4v) is 4.11. The predicted octanol–water partition coefficient (Wildman–Crippen LogP) is 3.65. The molecule has 0 amide bonds. The normalized spacial score (nSPS) is 25.2. The van der Waals surface area contributed by atoms with Crippen molar-refractivity contribution in [3.63, 3.8) is 0 Å². The largest absolute Gasteiger partial charge is 0.462 e. The van der Waals surface area contributed by atoms with Gasteiger partial charge in [0.15, 0.2) is 5.11 Å². The highest BCUT2D eigenvalue weighted by atomic mass is 32.1. The number of fused-ring (bicyclic) bond motifs is 2. The van der Waals surface area contributed by atoms with Crippen molar-refractivity contribution < 1.29 is 9.53 Å². The van der Waals surface area contributed by atoms with Crippen molar-refractivity contribution in [2.75, 3.05) is 11.9 Å². The molecule has 0 spiro atoms. The average Bonchev–Trinajstić information content (AvgIpc) is 3.12. The molecule has 124 valence electrons. The summed E-state index contributed by atoms with van der Waals surface area (Å²) in [6.07, 6.45) is 5.28. The molecule has 1 aromatic carbocycles. The Hall–Kier alpha value is -1.62. The Bertz CT molecular complexity index is 617. The maximum atomic E-state index is 11.9. The monoisotopic (exact) mass is 332 g/mol. The van der Waals surface area contributed by atoms with Crippen LogP contribution in [0.3, 0.4) is 0 Å². The van der Waals surface area contributed by atoms with Gasteiger partial charge < -0.3 is 15.4 Å². The molecule has 0 aliphatic heterocycles. The number of rotatable bonds is 4. The summed E-state index contributed by atoms with van der Waals surface area (Å²) in [7, 11) is 0. The summed E-state index contributed by atoms with van der Waals surface area (Å²) < 4.78 is 5.05. The molecule has 2 bridgehead atoms. The number of nitrogens with one attached hydrogen (secondary N) is 2. The number of carbonyl (C=O) groups is 1. The van der Waals surface area contributed by atoms with Crippen LogP contribution < -0.4 is 10.6 Å². The molecule has 0 radical (unpaired) electrons. The molecule has 2 fully saturated rings. The molecule has 3 rings (SSSR count). The van der Waals surface area contributed by atoms with Gasteiger partial charge in [0.25, 0.3) is 0 Å². The van der Waals surface area contributed by atoms with E-state index < -0.39 is 0 Å². The molecule has 4 nitrogen and oxygen atoms in total. The number of carbonyl (C=O) groups excluding carboxylic acids is 1. The number of benzene rings is 1. The molecule has 1 aromatic rings. The summed E-state index contributed by atoms with van der Waals surface area (Å²) in [5, 5.41) is 7.36. The van der Waals surface area contributed by atoms with E-state index in [4.69, 9.17) is 17.0 Å². The second kappa shape index (κ2) is 6.87. The summed E-state index contributed by atoms with van der Waals surface area (Å²) in [5.74, 6) is 1.35. The second-order valence-corrected chi connectivity index (χ2v) is 7.04. The number of hydrogen-bond donors (Lipinski definition) is 2. The number of ether oxygens (including phenoxy) is 1. The van der Waals surface area contributed by atoms with Crippen molar-refractivity contribution in [3.8, 4) is 0 Å². The summed E-state index contributed by atoms with van der Waals surface area (Å²) >= 11 is 5.47. The number of aryl methyl sites for hydroxylation is 1. The molecule has 23 heavy (non-hydrogen) atoms. The van der Waals surface area contributed by atoms with Gasteiger partial charge in [0.05, 0.1) is 12.2 Å². The molecule has 0 unspecified atom stereocenters. The smallest absolute Gasteiger partial charge is 0.338 e. The lowest BCUT2D eigenvalue weighted by molar-refractivity contribution is 0.0526. The number of anilines is 1. The minimum Gasteiger partial charge on any atom is -0.462 e. The Balaban J connectivity index is 1.63. The van der Waals surface area contributed by atoms with Gasteiger partial charge in [-0.15, -0.1) is 0 Å². The van der Waals surface area contributed by atoms with Gasteiger partial charge in [0.1, 0.15) is 0 Å². The SMILES string of the molecule is CCOC(=O)c1ccc(C)c(NC(=S)N[C@@H]2C[C@H]3CC[C@H]2C3)c1. The zero-order valence-corrected chi connectivity index (χ0v) is 14.5.